The van der Waals surface area contributed by atoms with Crippen LogP contribution in [-0.4, -0.2) is 4.98 Å². The minimum absolute atomic E-state index is 0.174. The maximum Gasteiger partial charge on any atom is 0.162 e. The van der Waals surface area contributed by atoms with Crippen molar-refractivity contribution in [2.24, 2.45) is 5.73 Å². The molecule has 1 atom stereocenters. The number of aromatic nitrogens is 1. The highest BCUT2D eigenvalue weighted by Gasteiger charge is 2.15. The summed E-state index contributed by atoms with van der Waals surface area (Å²) >= 11 is 5.95. The molecule has 2 nitrogen and oxygen atoms in total. The van der Waals surface area contributed by atoms with E-state index in [1.54, 1.807) is 12.3 Å². The Morgan fingerprint density at radius 1 is 1.28 bits per heavy atom. The van der Waals surface area contributed by atoms with Crippen LogP contribution in [0.5, 0.6) is 0 Å². The molecule has 1 aromatic heterocycles. The Hall–Kier alpha value is -1.52. The molecule has 5 heteroatoms. The fourth-order valence-electron chi connectivity index (χ4n) is 1.74. The van der Waals surface area contributed by atoms with Crippen LogP contribution in [0, 0.1) is 11.6 Å². The molecule has 2 aromatic rings. The average Bonchev–Trinajstić information content (AvgIpc) is 2.35. The van der Waals surface area contributed by atoms with Gasteiger partial charge in [0, 0.05) is 18.4 Å². The number of nitrogens with zero attached hydrogens (tertiary/aromatic N) is 1. The largest absolute Gasteiger partial charge is 0.324 e. The first-order valence-corrected chi connectivity index (χ1v) is 5.75. The first-order chi connectivity index (χ1) is 8.59. The molecule has 94 valence electrons. The fraction of sp³-hybridized carbons (Fsp3) is 0.154. The monoisotopic (exact) mass is 268 g/mol. The van der Waals surface area contributed by atoms with Crippen molar-refractivity contribution in [3.8, 4) is 0 Å². The predicted octanol–water partition coefficient (Wildman–Crippen LogP) is 3.26. The van der Waals surface area contributed by atoms with Gasteiger partial charge in [-0.15, -0.1) is 0 Å². The van der Waals surface area contributed by atoms with Crippen molar-refractivity contribution in [1.29, 1.82) is 0 Å². The Morgan fingerprint density at radius 2 is 2.06 bits per heavy atom. The Labute approximate surface area is 108 Å². The van der Waals surface area contributed by atoms with Gasteiger partial charge in [0.15, 0.2) is 11.6 Å². The second kappa shape index (κ2) is 5.42. The van der Waals surface area contributed by atoms with E-state index in [0.29, 0.717) is 10.6 Å². The maximum atomic E-state index is 13.5. The van der Waals surface area contributed by atoms with Gasteiger partial charge in [0.25, 0.3) is 0 Å². The zero-order valence-corrected chi connectivity index (χ0v) is 10.2. The summed E-state index contributed by atoms with van der Waals surface area (Å²) in [6, 6.07) is 5.20. The van der Waals surface area contributed by atoms with Gasteiger partial charge in [-0.1, -0.05) is 23.7 Å². The number of pyridine rings is 1. The zero-order valence-electron chi connectivity index (χ0n) is 9.41. The van der Waals surface area contributed by atoms with Gasteiger partial charge in [-0.2, -0.15) is 0 Å². The lowest BCUT2D eigenvalue weighted by Crippen LogP contribution is -2.15. The van der Waals surface area contributed by atoms with Crippen molar-refractivity contribution in [2.45, 2.75) is 12.5 Å². The molecule has 0 aliphatic rings. The van der Waals surface area contributed by atoms with E-state index < -0.39 is 17.7 Å². The lowest BCUT2D eigenvalue weighted by atomic mass is 10.00. The summed E-state index contributed by atoms with van der Waals surface area (Å²) in [7, 11) is 0. The summed E-state index contributed by atoms with van der Waals surface area (Å²) in [5.41, 5.74) is 6.84. The van der Waals surface area contributed by atoms with Gasteiger partial charge >= 0.3 is 0 Å². The maximum absolute atomic E-state index is 13.5. The Morgan fingerprint density at radius 3 is 2.78 bits per heavy atom. The van der Waals surface area contributed by atoms with Gasteiger partial charge in [-0.3, -0.25) is 4.98 Å². The molecule has 0 amide bonds. The van der Waals surface area contributed by atoms with Crippen LogP contribution in [0.15, 0.2) is 36.7 Å². The molecule has 18 heavy (non-hydrogen) atoms. The van der Waals surface area contributed by atoms with E-state index >= 15 is 0 Å². The second-order valence-electron chi connectivity index (χ2n) is 3.92. The molecular weight excluding hydrogens is 258 g/mol. The lowest BCUT2D eigenvalue weighted by molar-refractivity contribution is 0.494. The molecule has 0 saturated carbocycles. The second-order valence-corrected chi connectivity index (χ2v) is 4.33. The number of nitrogens with two attached hydrogens (primary N) is 1. The van der Waals surface area contributed by atoms with Crippen molar-refractivity contribution in [3.63, 3.8) is 0 Å². The van der Waals surface area contributed by atoms with Gasteiger partial charge in [-0.05, 0) is 29.7 Å². The van der Waals surface area contributed by atoms with Crippen LogP contribution in [0.4, 0.5) is 8.78 Å². The quantitative estimate of drug-likeness (QED) is 0.928. The van der Waals surface area contributed by atoms with Crippen LogP contribution < -0.4 is 5.73 Å². The van der Waals surface area contributed by atoms with Crippen LogP contribution in [0.1, 0.15) is 17.2 Å². The van der Waals surface area contributed by atoms with Crippen molar-refractivity contribution >= 4 is 11.6 Å². The average molecular weight is 269 g/mol. The molecule has 0 aliphatic heterocycles. The SMILES string of the molecule is NC(Cc1cccc(F)c1F)c1ccncc1Cl. The highest BCUT2D eigenvalue weighted by atomic mass is 35.5. The molecule has 2 rings (SSSR count). The fourth-order valence-corrected chi connectivity index (χ4v) is 2.00. The molecule has 0 fully saturated rings. The summed E-state index contributed by atoms with van der Waals surface area (Å²) < 4.78 is 26.6. The molecule has 0 saturated heterocycles. The molecule has 1 heterocycles. The normalized spacial score (nSPS) is 12.4. The van der Waals surface area contributed by atoms with E-state index in [9.17, 15) is 8.78 Å². The molecule has 0 radical (unpaired) electrons. The van der Waals surface area contributed by atoms with Gasteiger partial charge in [0.1, 0.15) is 0 Å². The summed E-state index contributed by atoms with van der Waals surface area (Å²) in [4.78, 5) is 3.84. The van der Waals surface area contributed by atoms with Crippen molar-refractivity contribution in [2.75, 3.05) is 0 Å². The lowest BCUT2D eigenvalue weighted by Gasteiger charge is -2.14. The van der Waals surface area contributed by atoms with Crippen LogP contribution >= 0.6 is 11.6 Å². The predicted molar refractivity (Wildman–Crippen MR) is 66.2 cm³/mol. The standard InChI is InChI=1S/C13H11ClF2N2/c14-10-7-18-5-4-9(10)12(17)6-8-2-1-3-11(15)13(8)16/h1-5,7,12H,6,17H2. The molecule has 0 aliphatic carbocycles. The molecule has 0 bridgehead atoms. The Kier molecular flexibility index (Phi) is 3.89. The topological polar surface area (TPSA) is 38.9 Å². The van der Waals surface area contributed by atoms with Gasteiger partial charge < -0.3 is 5.73 Å². The van der Waals surface area contributed by atoms with E-state index in [0.717, 1.165) is 6.07 Å². The molecule has 1 unspecified atom stereocenters. The third kappa shape index (κ3) is 2.66. The van der Waals surface area contributed by atoms with E-state index in [4.69, 9.17) is 17.3 Å². The first-order valence-electron chi connectivity index (χ1n) is 5.37. The Bertz CT molecular complexity index is 560. The van der Waals surface area contributed by atoms with Crippen LogP contribution in [0.3, 0.4) is 0 Å². The van der Waals surface area contributed by atoms with Gasteiger partial charge in [0.05, 0.1) is 5.02 Å². The van der Waals surface area contributed by atoms with E-state index in [1.807, 2.05) is 0 Å². The van der Waals surface area contributed by atoms with Gasteiger partial charge in [-0.25, -0.2) is 8.78 Å². The minimum atomic E-state index is -0.875. The third-order valence-corrected chi connectivity index (χ3v) is 2.99. The number of benzene rings is 1. The number of rotatable bonds is 3. The third-order valence-electron chi connectivity index (χ3n) is 2.67. The van der Waals surface area contributed by atoms with E-state index in [2.05, 4.69) is 4.98 Å². The minimum Gasteiger partial charge on any atom is -0.324 e. The summed E-state index contributed by atoms with van der Waals surface area (Å²) in [5, 5.41) is 0.418. The highest BCUT2D eigenvalue weighted by molar-refractivity contribution is 6.31. The molecule has 0 spiro atoms. The summed E-state index contributed by atoms with van der Waals surface area (Å²) in [6.07, 6.45) is 3.20. The first kappa shape index (κ1) is 12.9. The van der Waals surface area contributed by atoms with Crippen molar-refractivity contribution in [1.82, 2.24) is 4.98 Å². The van der Waals surface area contributed by atoms with Crippen molar-refractivity contribution < 1.29 is 8.78 Å². The van der Waals surface area contributed by atoms with Crippen LogP contribution in [-0.2, 0) is 6.42 Å². The van der Waals surface area contributed by atoms with Gasteiger partial charge in [0.2, 0.25) is 0 Å². The number of hydrogen-bond acceptors (Lipinski definition) is 2. The molecule has 2 N–H and O–H groups in total. The molecule has 1 aromatic carbocycles. The highest BCUT2D eigenvalue weighted by Crippen LogP contribution is 2.24. The number of hydrogen-bond donors (Lipinski definition) is 1. The Balaban J connectivity index is 2.24. The van der Waals surface area contributed by atoms with Crippen molar-refractivity contribution in [3.05, 3.63) is 64.4 Å². The van der Waals surface area contributed by atoms with E-state index in [-0.39, 0.29) is 12.0 Å². The summed E-state index contributed by atoms with van der Waals surface area (Å²) in [5.74, 6) is -1.74. The number of halogens is 3. The zero-order chi connectivity index (χ0) is 13.1. The van der Waals surface area contributed by atoms with Crippen LogP contribution in [0.2, 0.25) is 5.02 Å². The smallest absolute Gasteiger partial charge is 0.162 e. The van der Waals surface area contributed by atoms with Crippen LogP contribution in [0.25, 0.3) is 0 Å². The molecular formula is C13H11ClF2N2. The summed E-state index contributed by atoms with van der Waals surface area (Å²) in [6.45, 7) is 0. The van der Waals surface area contributed by atoms with E-state index in [1.165, 1.54) is 18.3 Å².